The molecule has 0 radical (unpaired) electrons. The van der Waals surface area contributed by atoms with E-state index in [-0.39, 0.29) is 11.6 Å². The Bertz CT molecular complexity index is 642. The van der Waals surface area contributed by atoms with Crippen LogP contribution in [0.15, 0.2) is 41.3 Å². The van der Waals surface area contributed by atoms with Crippen LogP contribution in [0, 0.1) is 11.3 Å². The minimum Gasteiger partial charge on any atom is -0.460 e. The standard InChI is InChI=1S/C13H11N3O2/c1-16-12(17)11(7-14)8-15-13(16)18-9-10-5-3-2-4-6-10/h2-6,8H,9H2,1H3. The Hall–Kier alpha value is -2.61. The average Bonchev–Trinajstić information content (AvgIpc) is 2.42. The van der Waals surface area contributed by atoms with Gasteiger partial charge in [-0.1, -0.05) is 30.3 Å². The van der Waals surface area contributed by atoms with Crippen LogP contribution in [0.2, 0.25) is 0 Å². The summed E-state index contributed by atoms with van der Waals surface area (Å²) in [6.07, 6.45) is 1.22. The van der Waals surface area contributed by atoms with Gasteiger partial charge in [0.1, 0.15) is 18.2 Å². The Labute approximate surface area is 104 Å². The van der Waals surface area contributed by atoms with Gasteiger partial charge in [0.25, 0.3) is 11.6 Å². The second-order valence-electron chi connectivity index (χ2n) is 3.70. The molecule has 0 spiro atoms. The maximum Gasteiger partial charge on any atom is 0.299 e. The number of ether oxygens (including phenoxy) is 1. The Kier molecular flexibility index (Phi) is 3.39. The summed E-state index contributed by atoms with van der Waals surface area (Å²) >= 11 is 0. The van der Waals surface area contributed by atoms with Crippen molar-refractivity contribution in [1.82, 2.24) is 9.55 Å². The van der Waals surface area contributed by atoms with Crippen LogP contribution < -0.4 is 10.3 Å². The van der Waals surface area contributed by atoms with Gasteiger partial charge in [-0.25, -0.2) is 4.98 Å². The van der Waals surface area contributed by atoms with E-state index in [0.29, 0.717) is 6.61 Å². The fourth-order valence-electron chi connectivity index (χ4n) is 1.46. The van der Waals surface area contributed by atoms with Crippen LogP contribution in [0.1, 0.15) is 11.1 Å². The number of hydrogen-bond acceptors (Lipinski definition) is 4. The van der Waals surface area contributed by atoms with Crippen molar-refractivity contribution < 1.29 is 4.74 Å². The minimum absolute atomic E-state index is 0.00422. The first-order chi connectivity index (χ1) is 8.72. The van der Waals surface area contributed by atoms with Crippen LogP contribution in [0.3, 0.4) is 0 Å². The molecule has 0 saturated carbocycles. The first-order valence-corrected chi connectivity index (χ1v) is 5.35. The van der Waals surface area contributed by atoms with E-state index in [1.54, 1.807) is 6.07 Å². The molecule has 0 aliphatic carbocycles. The Morgan fingerprint density at radius 3 is 2.78 bits per heavy atom. The lowest BCUT2D eigenvalue weighted by Gasteiger charge is -2.08. The number of aromatic nitrogens is 2. The second kappa shape index (κ2) is 5.15. The van der Waals surface area contributed by atoms with E-state index in [1.807, 2.05) is 30.3 Å². The van der Waals surface area contributed by atoms with Gasteiger partial charge >= 0.3 is 0 Å². The second-order valence-corrected chi connectivity index (χ2v) is 3.70. The third-order valence-corrected chi connectivity index (χ3v) is 2.46. The predicted molar refractivity (Wildman–Crippen MR) is 65.0 cm³/mol. The summed E-state index contributed by atoms with van der Waals surface area (Å²) in [6, 6.07) is 11.5. The molecule has 18 heavy (non-hydrogen) atoms. The van der Waals surface area contributed by atoms with Crippen molar-refractivity contribution in [1.29, 1.82) is 5.26 Å². The lowest BCUT2D eigenvalue weighted by Crippen LogP contribution is -2.22. The molecule has 1 heterocycles. The largest absolute Gasteiger partial charge is 0.460 e. The highest BCUT2D eigenvalue weighted by molar-refractivity contribution is 5.24. The molecular weight excluding hydrogens is 230 g/mol. The summed E-state index contributed by atoms with van der Waals surface area (Å²) < 4.78 is 6.67. The summed E-state index contributed by atoms with van der Waals surface area (Å²) in [5.74, 6) is 0. The number of rotatable bonds is 3. The van der Waals surface area contributed by atoms with Crippen molar-refractivity contribution in [2.24, 2.45) is 7.05 Å². The van der Waals surface area contributed by atoms with Gasteiger partial charge in [0.2, 0.25) is 0 Å². The predicted octanol–water partition coefficient (Wildman–Crippen LogP) is 1.23. The molecule has 1 aromatic heterocycles. The molecule has 0 bridgehead atoms. The van der Waals surface area contributed by atoms with Gasteiger partial charge in [0.15, 0.2) is 0 Å². The van der Waals surface area contributed by atoms with Crippen LogP contribution >= 0.6 is 0 Å². The highest BCUT2D eigenvalue weighted by Crippen LogP contribution is 2.06. The van der Waals surface area contributed by atoms with Gasteiger partial charge in [-0.05, 0) is 5.56 Å². The Morgan fingerprint density at radius 2 is 2.11 bits per heavy atom. The minimum atomic E-state index is -0.407. The van der Waals surface area contributed by atoms with Gasteiger partial charge in [0, 0.05) is 7.05 Å². The molecule has 0 aliphatic heterocycles. The third-order valence-electron chi connectivity index (χ3n) is 2.46. The first-order valence-electron chi connectivity index (χ1n) is 5.35. The number of benzene rings is 1. The van der Waals surface area contributed by atoms with Gasteiger partial charge in [-0.15, -0.1) is 0 Å². The maximum absolute atomic E-state index is 11.7. The highest BCUT2D eigenvalue weighted by Gasteiger charge is 2.07. The van der Waals surface area contributed by atoms with E-state index >= 15 is 0 Å². The van der Waals surface area contributed by atoms with Crippen molar-refractivity contribution in [3.63, 3.8) is 0 Å². The summed E-state index contributed by atoms with van der Waals surface area (Å²) in [7, 11) is 1.52. The zero-order valence-electron chi connectivity index (χ0n) is 9.83. The number of nitrogens with zero attached hydrogens (tertiary/aromatic N) is 3. The number of nitriles is 1. The van der Waals surface area contributed by atoms with Crippen molar-refractivity contribution in [2.75, 3.05) is 0 Å². The topological polar surface area (TPSA) is 67.9 Å². The molecule has 2 rings (SSSR count). The molecule has 0 fully saturated rings. The summed E-state index contributed by atoms with van der Waals surface area (Å²) in [5.41, 5.74) is 0.580. The van der Waals surface area contributed by atoms with E-state index in [9.17, 15) is 4.79 Å². The summed E-state index contributed by atoms with van der Waals surface area (Å²) in [5, 5.41) is 8.70. The molecule has 0 unspecified atom stereocenters. The van der Waals surface area contributed by atoms with Gasteiger partial charge < -0.3 is 4.74 Å². The third kappa shape index (κ3) is 2.38. The molecule has 90 valence electrons. The molecule has 2 aromatic rings. The molecule has 0 atom stereocenters. The zero-order valence-corrected chi connectivity index (χ0v) is 9.83. The lowest BCUT2D eigenvalue weighted by atomic mass is 10.2. The molecule has 0 aliphatic rings. The SMILES string of the molecule is Cn1c(OCc2ccccc2)ncc(C#N)c1=O. The molecule has 5 nitrogen and oxygen atoms in total. The van der Waals surface area contributed by atoms with E-state index in [2.05, 4.69) is 4.98 Å². The summed E-state index contributed by atoms with van der Waals surface area (Å²) in [4.78, 5) is 15.6. The fourth-order valence-corrected chi connectivity index (χ4v) is 1.46. The van der Waals surface area contributed by atoms with Gasteiger partial charge in [-0.2, -0.15) is 5.26 Å². The quantitative estimate of drug-likeness (QED) is 0.810. The molecule has 0 amide bonds. The van der Waals surface area contributed by atoms with Crippen molar-refractivity contribution >= 4 is 0 Å². The number of hydrogen-bond donors (Lipinski definition) is 0. The van der Waals surface area contributed by atoms with Crippen LogP contribution in [0.5, 0.6) is 6.01 Å². The molecular formula is C13H11N3O2. The van der Waals surface area contributed by atoms with Crippen LogP contribution in [-0.4, -0.2) is 9.55 Å². The Balaban J connectivity index is 2.19. The normalized spacial score (nSPS) is 9.78. The molecule has 0 N–H and O–H groups in total. The summed E-state index contributed by atoms with van der Waals surface area (Å²) in [6.45, 7) is 0.326. The highest BCUT2D eigenvalue weighted by atomic mass is 16.5. The van der Waals surface area contributed by atoms with Crippen molar-refractivity contribution in [3.8, 4) is 12.1 Å². The Morgan fingerprint density at radius 1 is 1.39 bits per heavy atom. The van der Waals surface area contributed by atoms with E-state index in [0.717, 1.165) is 5.56 Å². The van der Waals surface area contributed by atoms with Gasteiger partial charge in [0.05, 0.1) is 6.20 Å². The maximum atomic E-state index is 11.7. The van der Waals surface area contributed by atoms with Crippen LogP contribution in [0.4, 0.5) is 0 Å². The smallest absolute Gasteiger partial charge is 0.299 e. The molecule has 5 heteroatoms. The molecule has 0 saturated heterocycles. The fraction of sp³-hybridized carbons (Fsp3) is 0.154. The van der Waals surface area contributed by atoms with E-state index in [4.69, 9.17) is 10.00 Å². The van der Waals surface area contributed by atoms with Crippen LogP contribution in [0.25, 0.3) is 0 Å². The molecule has 1 aromatic carbocycles. The lowest BCUT2D eigenvalue weighted by molar-refractivity contribution is 0.265. The average molecular weight is 241 g/mol. The van der Waals surface area contributed by atoms with Gasteiger partial charge in [-0.3, -0.25) is 9.36 Å². The van der Waals surface area contributed by atoms with E-state index < -0.39 is 5.56 Å². The van der Waals surface area contributed by atoms with Crippen molar-refractivity contribution in [3.05, 3.63) is 58.0 Å². The monoisotopic (exact) mass is 241 g/mol. The van der Waals surface area contributed by atoms with Crippen molar-refractivity contribution in [2.45, 2.75) is 6.61 Å². The van der Waals surface area contributed by atoms with Crippen LogP contribution in [-0.2, 0) is 13.7 Å². The first kappa shape index (κ1) is 11.9. The zero-order chi connectivity index (χ0) is 13.0. The van der Waals surface area contributed by atoms with E-state index in [1.165, 1.54) is 17.8 Å².